The van der Waals surface area contributed by atoms with E-state index in [0.29, 0.717) is 0 Å². The fraction of sp³-hybridized carbons (Fsp3) is 0.844. The van der Waals surface area contributed by atoms with Crippen molar-refractivity contribution in [2.45, 2.75) is 175 Å². The van der Waals surface area contributed by atoms with Gasteiger partial charge >= 0.3 is 0 Å². The van der Waals surface area contributed by atoms with Gasteiger partial charge in [-0.1, -0.05) is 130 Å². The smallest absolute Gasteiger partial charge is 0.172 e. The minimum atomic E-state index is 1.20. The molecule has 0 atom stereocenters. The highest BCUT2D eigenvalue weighted by molar-refractivity contribution is 5.21. The molecule has 1 heteroatoms. The van der Waals surface area contributed by atoms with Crippen molar-refractivity contribution in [1.29, 1.82) is 0 Å². The molecule has 0 saturated carbocycles. The molecule has 1 aromatic rings. The maximum absolute atomic E-state index is 2.52. The van der Waals surface area contributed by atoms with Gasteiger partial charge in [0.2, 0.25) is 0 Å². The summed E-state index contributed by atoms with van der Waals surface area (Å²) in [6, 6.07) is 2.46. The predicted octanol–water partition coefficient (Wildman–Crippen LogP) is 10.3. The number of pyridine rings is 1. The first-order valence-corrected chi connectivity index (χ1v) is 15.3. The molecule has 1 heterocycles. The molecule has 33 heavy (non-hydrogen) atoms. The van der Waals surface area contributed by atoms with E-state index in [-0.39, 0.29) is 0 Å². The Hall–Kier alpha value is -0.850. The molecule has 192 valence electrons. The maximum atomic E-state index is 2.52. The number of nitrogens with zero attached hydrogens (tertiary/aromatic N) is 1. The third-order valence-electron chi connectivity index (χ3n) is 7.32. The molecule has 0 unspecified atom stereocenters. The van der Waals surface area contributed by atoms with Gasteiger partial charge in [0.1, 0.15) is 6.54 Å². The highest BCUT2D eigenvalue weighted by atomic mass is 14.9. The average Bonchev–Trinajstić information content (AvgIpc) is 2.83. The first kappa shape index (κ1) is 30.2. The van der Waals surface area contributed by atoms with Gasteiger partial charge in [0.15, 0.2) is 12.4 Å². The van der Waals surface area contributed by atoms with E-state index in [2.05, 4.69) is 43.8 Å². The Morgan fingerprint density at radius 3 is 1.33 bits per heavy atom. The largest absolute Gasteiger partial charge is 0.205 e. The van der Waals surface area contributed by atoms with Crippen molar-refractivity contribution in [2.75, 3.05) is 0 Å². The maximum Gasteiger partial charge on any atom is 0.172 e. The van der Waals surface area contributed by atoms with Crippen LogP contribution in [-0.2, 0) is 19.4 Å². The van der Waals surface area contributed by atoms with Crippen molar-refractivity contribution in [3.8, 4) is 0 Å². The third-order valence-corrected chi connectivity index (χ3v) is 7.32. The molecule has 0 aliphatic heterocycles. The van der Waals surface area contributed by atoms with Gasteiger partial charge in [-0.15, -0.1) is 0 Å². The molecule has 0 saturated heterocycles. The quantitative estimate of drug-likeness (QED) is 0.107. The summed E-state index contributed by atoms with van der Waals surface area (Å²) in [7, 11) is 0. The minimum absolute atomic E-state index is 1.20. The number of hydrogen-bond acceptors (Lipinski definition) is 0. The number of unbranched alkanes of at least 4 members (excludes halogenated alkanes) is 18. The molecular weight excluding hydrogens is 398 g/mol. The topological polar surface area (TPSA) is 3.88 Å². The van der Waals surface area contributed by atoms with Crippen LogP contribution in [0.5, 0.6) is 0 Å². The molecule has 0 fully saturated rings. The lowest BCUT2D eigenvalue weighted by Crippen LogP contribution is -2.34. The standard InChI is InChI=1S/C32H60N/c1-4-7-10-13-16-17-18-21-24-28-33-29-27-31(25-22-19-14-11-8-5-2)32(30-33)26-23-20-15-12-9-6-3/h27,29-30H,4-26,28H2,1-3H3/q+1. The normalized spacial score (nSPS) is 11.4. The van der Waals surface area contributed by atoms with Crippen LogP contribution in [0.25, 0.3) is 0 Å². The van der Waals surface area contributed by atoms with Gasteiger partial charge in [-0.25, -0.2) is 4.57 Å². The molecule has 0 aliphatic rings. The lowest BCUT2D eigenvalue weighted by molar-refractivity contribution is -0.697. The average molecular weight is 459 g/mol. The van der Waals surface area contributed by atoms with E-state index >= 15 is 0 Å². The van der Waals surface area contributed by atoms with Gasteiger partial charge in [-0.3, -0.25) is 0 Å². The second kappa shape index (κ2) is 22.9. The zero-order chi connectivity index (χ0) is 23.8. The molecular formula is C32H60N+. The Balaban J connectivity index is 2.40. The van der Waals surface area contributed by atoms with E-state index in [1.165, 1.54) is 154 Å². The van der Waals surface area contributed by atoms with Crippen molar-refractivity contribution < 1.29 is 4.57 Å². The summed E-state index contributed by atoms with van der Waals surface area (Å²) < 4.78 is 2.50. The van der Waals surface area contributed by atoms with Crippen LogP contribution < -0.4 is 4.57 Å². The molecule has 1 rings (SSSR count). The van der Waals surface area contributed by atoms with Crippen LogP contribution in [-0.4, -0.2) is 0 Å². The Morgan fingerprint density at radius 2 is 0.848 bits per heavy atom. The monoisotopic (exact) mass is 458 g/mol. The molecule has 0 spiro atoms. The summed E-state index contributed by atoms with van der Waals surface area (Å²) in [4.78, 5) is 0. The molecule has 1 nitrogen and oxygen atoms in total. The molecule has 0 amide bonds. The van der Waals surface area contributed by atoms with Gasteiger partial charge in [-0.2, -0.15) is 0 Å². The summed E-state index contributed by atoms with van der Waals surface area (Å²) in [6.45, 7) is 8.13. The van der Waals surface area contributed by atoms with Crippen LogP contribution in [0.2, 0.25) is 0 Å². The van der Waals surface area contributed by atoms with Crippen molar-refractivity contribution in [3.63, 3.8) is 0 Å². The lowest BCUT2D eigenvalue weighted by atomic mass is 9.98. The highest BCUT2D eigenvalue weighted by Gasteiger charge is 2.10. The molecule has 0 radical (unpaired) electrons. The van der Waals surface area contributed by atoms with E-state index in [9.17, 15) is 0 Å². The van der Waals surface area contributed by atoms with E-state index in [1.54, 1.807) is 11.1 Å². The summed E-state index contributed by atoms with van der Waals surface area (Å²) in [6.07, 6.45) is 37.0. The molecule has 0 aliphatic carbocycles. The molecule has 0 N–H and O–H groups in total. The van der Waals surface area contributed by atoms with Crippen molar-refractivity contribution in [1.82, 2.24) is 0 Å². The Labute approximate surface area is 209 Å². The van der Waals surface area contributed by atoms with E-state index < -0.39 is 0 Å². The first-order valence-electron chi connectivity index (χ1n) is 15.3. The lowest BCUT2D eigenvalue weighted by Gasteiger charge is -2.09. The third kappa shape index (κ3) is 17.3. The minimum Gasteiger partial charge on any atom is -0.205 e. The SMILES string of the molecule is CCCCCCCCCCC[n+]1ccc(CCCCCCCC)c(CCCCCCCC)c1. The van der Waals surface area contributed by atoms with Crippen LogP contribution in [0.1, 0.15) is 167 Å². The summed E-state index contributed by atoms with van der Waals surface area (Å²) in [5.41, 5.74) is 3.29. The van der Waals surface area contributed by atoms with E-state index in [1.807, 2.05) is 0 Å². The number of aryl methyl sites for hydroxylation is 3. The van der Waals surface area contributed by atoms with Crippen molar-refractivity contribution >= 4 is 0 Å². The van der Waals surface area contributed by atoms with Gasteiger partial charge in [0.25, 0.3) is 0 Å². The second-order valence-electron chi connectivity index (χ2n) is 10.6. The molecule has 0 aromatic carbocycles. The van der Waals surface area contributed by atoms with Gasteiger partial charge in [-0.05, 0) is 37.7 Å². The first-order chi connectivity index (χ1) is 16.3. The van der Waals surface area contributed by atoms with Crippen molar-refractivity contribution in [3.05, 3.63) is 29.6 Å². The Morgan fingerprint density at radius 1 is 0.455 bits per heavy atom. The second-order valence-corrected chi connectivity index (χ2v) is 10.6. The Kier molecular flexibility index (Phi) is 21.0. The van der Waals surface area contributed by atoms with Crippen LogP contribution in [0.4, 0.5) is 0 Å². The van der Waals surface area contributed by atoms with Gasteiger partial charge < -0.3 is 0 Å². The van der Waals surface area contributed by atoms with Gasteiger partial charge in [0.05, 0.1) is 0 Å². The van der Waals surface area contributed by atoms with Crippen molar-refractivity contribution in [2.24, 2.45) is 0 Å². The predicted molar refractivity (Wildman–Crippen MR) is 148 cm³/mol. The van der Waals surface area contributed by atoms with Gasteiger partial charge in [0, 0.05) is 18.1 Å². The fourth-order valence-corrected chi connectivity index (χ4v) is 5.02. The summed E-state index contributed by atoms with van der Waals surface area (Å²) in [5.74, 6) is 0. The van der Waals surface area contributed by atoms with Crippen LogP contribution >= 0.6 is 0 Å². The van der Waals surface area contributed by atoms with E-state index in [4.69, 9.17) is 0 Å². The summed E-state index contributed by atoms with van der Waals surface area (Å²) >= 11 is 0. The fourth-order valence-electron chi connectivity index (χ4n) is 5.02. The molecule has 0 bridgehead atoms. The highest BCUT2D eigenvalue weighted by Crippen LogP contribution is 2.17. The van der Waals surface area contributed by atoms with Crippen LogP contribution in [0.15, 0.2) is 18.5 Å². The van der Waals surface area contributed by atoms with Crippen LogP contribution in [0.3, 0.4) is 0 Å². The number of hydrogen-bond donors (Lipinski definition) is 0. The zero-order valence-electron chi connectivity index (χ0n) is 23.1. The zero-order valence-corrected chi connectivity index (χ0v) is 23.1. The summed E-state index contributed by atoms with van der Waals surface area (Å²) in [5, 5.41) is 0. The Bertz CT molecular complexity index is 535. The van der Waals surface area contributed by atoms with Crippen LogP contribution in [0, 0.1) is 0 Å². The number of rotatable bonds is 24. The molecule has 1 aromatic heterocycles. The van der Waals surface area contributed by atoms with E-state index in [0.717, 1.165) is 0 Å². The number of aromatic nitrogens is 1.